The van der Waals surface area contributed by atoms with Crippen LogP contribution < -0.4 is 10.3 Å². The van der Waals surface area contributed by atoms with Gasteiger partial charge in [0.15, 0.2) is 5.82 Å². The first-order chi connectivity index (χ1) is 11.0. The average molecular weight is 316 g/mol. The summed E-state index contributed by atoms with van der Waals surface area (Å²) in [4.78, 5) is 28.1. The van der Waals surface area contributed by atoms with Gasteiger partial charge >= 0.3 is 0 Å². The molecule has 0 aliphatic rings. The highest BCUT2D eigenvalue weighted by Crippen LogP contribution is 2.17. The minimum atomic E-state index is -0.322. The van der Waals surface area contributed by atoms with Crippen molar-refractivity contribution in [2.75, 3.05) is 20.7 Å². The molecule has 1 amide bonds. The third-order valence-corrected chi connectivity index (χ3v) is 3.60. The fourth-order valence-electron chi connectivity index (χ4n) is 2.00. The van der Waals surface area contributed by atoms with E-state index in [0.717, 1.165) is 11.3 Å². The Morgan fingerprint density at radius 1 is 1.26 bits per heavy atom. The number of carbonyl (C=O) groups is 1. The first kappa shape index (κ1) is 16.7. The quantitative estimate of drug-likeness (QED) is 0.866. The first-order valence-electron chi connectivity index (χ1n) is 7.39. The van der Waals surface area contributed by atoms with Crippen molar-refractivity contribution in [3.63, 3.8) is 0 Å². The molecule has 0 bridgehead atoms. The van der Waals surface area contributed by atoms with Crippen molar-refractivity contribution in [2.24, 2.45) is 0 Å². The molecule has 23 heavy (non-hydrogen) atoms. The molecule has 1 aromatic carbocycles. The second kappa shape index (κ2) is 7.53. The fourth-order valence-corrected chi connectivity index (χ4v) is 2.00. The lowest BCUT2D eigenvalue weighted by molar-refractivity contribution is -0.129. The van der Waals surface area contributed by atoms with Gasteiger partial charge < -0.3 is 14.6 Å². The highest BCUT2D eigenvalue weighted by Gasteiger charge is 2.11. The average Bonchev–Trinajstić information content (AvgIpc) is 2.59. The van der Waals surface area contributed by atoms with E-state index in [-0.39, 0.29) is 30.0 Å². The Morgan fingerprint density at radius 2 is 1.96 bits per heavy atom. The normalized spacial score (nSPS) is 10.4. The maximum Gasteiger partial charge on any atom is 0.273 e. The Balaban J connectivity index is 2.11. The van der Waals surface area contributed by atoms with Gasteiger partial charge in [-0.2, -0.15) is 0 Å². The highest BCUT2D eigenvalue weighted by molar-refractivity contribution is 5.76. The lowest BCUT2D eigenvalue weighted by atomic mass is 10.2. The number of aromatic amines is 1. The van der Waals surface area contributed by atoms with Crippen LogP contribution in [-0.2, 0) is 11.2 Å². The van der Waals surface area contributed by atoms with Crippen LogP contribution in [0.5, 0.6) is 5.75 Å². The molecule has 0 radical (unpaired) electrons. The van der Waals surface area contributed by atoms with Gasteiger partial charge in [0.05, 0.1) is 7.11 Å². The van der Waals surface area contributed by atoms with Crippen LogP contribution in [0, 0.1) is 0 Å². The molecule has 2 rings (SSSR count). The molecule has 122 valence electrons. The molecule has 2 aromatic rings. The number of nitrogens with zero attached hydrogens (tertiary/aromatic N) is 3. The van der Waals surface area contributed by atoms with Crippen molar-refractivity contribution in [2.45, 2.75) is 19.8 Å². The number of methoxy groups -OCH3 is 1. The summed E-state index contributed by atoms with van der Waals surface area (Å²) in [5, 5.41) is 8.00. The number of aromatic nitrogens is 3. The third kappa shape index (κ3) is 4.15. The molecule has 0 atom stereocenters. The summed E-state index contributed by atoms with van der Waals surface area (Å²) in [7, 11) is 3.31. The number of hydrogen-bond donors (Lipinski definition) is 1. The van der Waals surface area contributed by atoms with Crippen LogP contribution in [0.25, 0.3) is 11.4 Å². The summed E-state index contributed by atoms with van der Waals surface area (Å²) in [5.41, 5.74) is 0.682. The molecule has 1 N–H and O–H groups in total. The van der Waals surface area contributed by atoms with Crippen LogP contribution in [0.15, 0.2) is 29.1 Å². The van der Waals surface area contributed by atoms with Gasteiger partial charge in [0.2, 0.25) is 5.91 Å². The van der Waals surface area contributed by atoms with Crippen LogP contribution in [0.4, 0.5) is 0 Å². The van der Waals surface area contributed by atoms with E-state index in [0.29, 0.717) is 12.4 Å². The number of aryl methyl sites for hydroxylation is 1. The lowest BCUT2D eigenvalue weighted by Crippen LogP contribution is -2.27. The van der Waals surface area contributed by atoms with E-state index >= 15 is 0 Å². The molecule has 1 aromatic heterocycles. The topological polar surface area (TPSA) is 88.2 Å². The predicted molar refractivity (Wildman–Crippen MR) is 86.3 cm³/mol. The molecule has 0 saturated carbocycles. The second-order valence-electron chi connectivity index (χ2n) is 5.09. The largest absolute Gasteiger partial charge is 0.497 e. The SMILES string of the molecule is CCN(C)C(=O)CCc1nnc(-c2ccc(OC)cc2)[nH]c1=O. The van der Waals surface area contributed by atoms with E-state index in [9.17, 15) is 9.59 Å². The zero-order chi connectivity index (χ0) is 16.8. The van der Waals surface area contributed by atoms with Crippen molar-refractivity contribution in [1.29, 1.82) is 0 Å². The number of ether oxygens (including phenoxy) is 1. The zero-order valence-corrected chi connectivity index (χ0v) is 13.5. The van der Waals surface area contributed by atoms with E-state index in [1.807, 2.05) is 6.92 Å². The summed E-state index contributed by atoms with van der Waals surface area (Å²) < 4.78 is 5.09. The maximum absolute atomic E-state index is 12.1. The zero-order valence-electron chi connectivity index (χ0n) is 13.5. The van der Waals surface area contributed by atoms with E-state index < -0.39 is 0 Å². The number of rotatable bonds is 6. The summed E-state index contributed by atoms with van der Waals surface area (Å²) in [5.74, 6) is 1.09. The Labute approximate surface area is 134 Å². The standard InChI is InChI=1S/C16H20N4O3/c1-4-20(2)14(21)10-9-13-16(22)17-15(19-18-13)11-5-7-12(23-3)8-6-11/h5-8H,4,9-10H2,1-3H3,(H,17,19,22). The number of amides is 1. The third-order valence-electron chi connectivity index (χ3n) is 3.60. The van der Waals surface area contributed by atoms with Crippen LogP contribution in [0.3, 0.4) is 0 Å². The molecule has 0 saturated heterocycles. The maximum atomic E-state index is 12.1. The van der Waals surface area contributed by atoms with Crippen LogP contribution >= 0.6 is 0 Å². The van der Waals surface area contributed by atoms with Crippen molar-refractivity contribution >= 4 is 5.91 Å². The van der Waals surface area contributed by atoms with Crippen molar-refractivity contribution in [1.82, 2.24) is 20.1 Å². The minimum Gasteiger partial charge on any atom is -0.497 e. The lowest BCUT2D eigenvalue weighted by Gasteiger charge is -2.13. The first-order valence-corrected chi connectivity index (χ1v) is 7.39. The van der Waals surface area contributed by atoms with E-state index in [1.165, 1.54) is 0 Å². The summed E-state index contributed by atoms with van der Waals surface area (Å²) in [6, 6.07) is 7.14. The van der Waals surface area contributed by atoms with Crippen LogP contribution in [-0.4, -0.2) is 46.7 Å². The van der Waals surface area contributed by atoms with Gasteiger partial charge in [0, 0.05) is 32.0 Å². The molecule has 0 spiro atoms. The second-order valence-corrected chi connectivity index (χ2v) is 5.09. The Hall–Kier alpha value is -2.70. The van der Waals surface area contributed by atoms with Gasteiger partial charge in [-0.3, -0.25) is 9.59 Å². The van der Waals surface area contributed by atoms with E-state index in [1.54, 1.807) is 43.3 Å². The van der Waals surface area contributed by atoms with Gasteiger partial charge in [-0.1, -0.05) is 0 Å². The Kier molecular flexibility index (Phi) is 5.46. The number of benzene rings is 1. The molecule has 0 aliphatic heterocycles. The van der Waals surface area contributed by atoms with E-state index in [2.05, 4.69) is 15.2 Å². The Morgan fingerprint density at radius 3 is 2.52 bits per heavy atom. The molecule has 0 aliphatic carbocycles. The smallest absolute Gasteiger partial charge is 0.273 e. The molecule has 0 unspecified atom stereocenters. The number of hydrogen-bond acceptors (Lipinski definition) is 5. The predicted octanol–water partition coefficient (Wildman–Crippen LogP) is 1.25. The van der Waals surface area contributed by atoms with Crippen molar-refractivity contribution < 1.29 is 9.53 Å². The molecule has 7 heteroatoms. The Bertz CT molecular complexity index is 725. The summed E-state index contributed by atoms with van der Waals surface area (Å²) in [6.45, 7) is 2.53. The molecule has 0 fully saturated rings. The van der Waals surface area contributed by atoms with E-state index in [4.69, 9.17) is 4.74 Å². The van der Waals surface area contributed by atoms with Gasteiger partial charge in [0.1, 0.15) is 11.4 Å². The summed E-state index contributed by atoms with van der Waals surface area (Å²) in [6.07, 6.45) is 0.512. The van der Waals surface area contributed by atoms with Crippen molar-refractivity contribution in [3.8, 4) is 17.1 Å². The van der Waals surface area contributed by atoms with Gasteiger partial charge in [-0.15, -0.1) is 10.2 Å². The van der Waals surface area contributed by atoms with Crippen LogP contribution in [0.1, 0.15) is 19.0 Å². The molecular weight excluding hydrogens is 296 g/mol. The number of H-pyrrole nitrogens is 1. The fraction of sp³-hybridized carbons (Fsp3) is 0.375. The minimum absolute atomic E-state index is 0.0204. The summed E-state index contributed by atoms with van der Waals surface area (Å²) >= 11 is 0. The van der Waals surface area contributed by atoms with Gasteiger partial charge in [0.25, 0.3) is 5.56 Å². The van der Waals surface area contributed by atoms with Crippen molar-refractivity contribution in [3.05, 3.63) is 40.3 Å². The molecule has 1 heterocycles. The van der Waals surface area contributed by atoms with Crippen LogP contribution in [0.2, 0.25) is 0 Å². The van der Waals surface area contributed by atoms with Gasteiger partial charge in [-0.25, -0.2) is 0 Å². The highest BCUT2D eigenvalue weighted by atomic mass is 16.5. The number of nitrogens with one attached hydrogen (secondary N) is 1. The molecule has 7 nitrogen and oxygen atoms in total. The monoisotopic (exact) mass is 316 g/mol. The molecular formula is C16H20N4O3. The number of carbonyl (C=O) groups excluding carboxylic acids is 1. The van der Waals surface area contributed by atoms with Gasteiger partial charge in [-0.05, 0) is 31.2 Å².